The molecule has 0 amide bonds. The van der Waals surface area contributed by atoms with E-state index < -0.39 is 51.5 Å². The Labute approximate surface area is 297 Å². The van der Waals surface area contributed by atoms with Crippen LogP contribution >= 0.6 is 54.8 Å². The van der Waals surface area contributed by atoms with E-state index in [2.05, 4.69) is 17.5 Å². The van der Waals surface area contributed by atoms with Crippen LogP contribution in [0.15, 0.2) is 79.2 Å². The number of nitro groups is 2. The summed E-state index contributed by atoms with van der Waals surface area (Å²) >= 11 is 3.38. The molecule has 0 fully saturated rings. The molecule has 0 aliphatic carbocycles. The first-order chi connectivity index (χ1) is 23.7. The highest BCUT2D eigenvalue weighted by Crippen LogP contribution is 3.03. The van der Waals surface area contributed by atoms with Crippen molar-refractivity contribution in [2.75, 3.05) is 0 Å². The van der Waals surface area contributed by atoms with Crippen molar-refractivity contribution in [2.24, 2.45) is 8.73 Å². The molecule has 1 aliphatic heterocycles. The molecule has 0 radical (unpaired) electrons. The zero-order valence-corrected chi connectivity index (χ0v) is 29.2. The molecule has 0 saturated carbocycles. The van der Waals surface area contributed by atoms with E-state index in [0.717, 1.165) is 45.8 Å². The van der Waals surface area contributed by atoms with Crippen molar-refractivity contribution < 1.29 is 48.7 Å². The van der Waals surface area contributed by atoms with Crippen molar-refractivity contribution >= 4 is 100.0 Å². The normalized spacial score (nSPS) is 15.7. The summed E-state index contributed by atoms with van der Waals surface area (Å²) in [6.07, 6.45) is 0. The second-order valence-corrected chi connectivity index (χ2v) is 18.8. The largest absolute Gasteiger partial charge is 0.316 e. The summed E-state index contributed by atoms with van der Waals surface area (Å²) in [6.45, 7) is 0. The van der Waals surface area contributed by atoms with E-state index >= 15 is 0 Å². The zero-order chi connectivity index (χ0) is 37.9. The van der Waals surface area contributed by atoms with Crippen LogP contribution in [0.5, 0.6) is 0 Å². The van der Waals surface area contributed by atoms with Crippen LogP contribution in [0.25, 0.3) is 52.8 Å². The maximum atomic E-state index is 13.5. The van der Waals surface area contributed by atoms with E-state index in [4.69, 9.17) is 0 Å². The highest BCUT2D eigenvalue weighted by atomic mass is 32.5. The number of fused-ring (bicyclic) bond motifs is 2. The van der Waals surface area contributed by atoms with Crippen molar-refractivity contribution in [3.8, 4) is 41.8 Å². The standard InChI is InChI=1S/C26H10F10N6O4S6/c27-51(28,29,30,31)19-7-1-11(9-13(19)41(43)44)15-3-5-17(47-15)21-23-25(39-49-37-23)22(26-24(21)38-50-40-26)18-6-4-16(48-18)12-2-8-20(14(10-12)42(45)46)52(32,33,34,35)36/h1-10H. The van der Waals surface area contributed by atoms with Gasteiger partial charge in [-0.15, -0.1) is 22.7 Å². The molecular formula is C26H10F10N6O4S6. The lowest BCUT2D eigenvalue weighted by molar-refractivity contribution is -0.388. The van der Waals surface area contributed by atoms with Gasteiger partial charge in [-0.25, -0.2) is 0 Å². The van der Waals surface area contributed by atoms with Gasteiger partial charge in [0.05, 0.1) is 32.9 Å². The predicted molar refractivity (Wildman–Crippen MR) is 183 cm³/mol. The fraction of sp³-hybridized carbons (Fsp3) is 0. The molecule has 6 aromatic rings. The molecule has 4 heterocycles. The maximum Gasteiger partial charge on any atom is 0.316 e. The van der Waals surface area contributed by atoms with Gasteiger partial charge in [-0.3, -0.25) is 20.2 Å². The first kappa shape index (κ1) is 35.9. The molecule has 274 valence electrons. The van der Waals surface area contributed by atoms with Crippen LogP contribution in [0.2, 0.25) is 0 Å². The van der Waals surface area contributed by atoms with Gasteiger partial charge in [0.15, 0.2) is 9.79 Å². The van der Waals surface area contributed by atoms with Gasteiger partial charge in [-0.2, -0.15) is 17.5 Å². The Kier molecular flexibility index (Phi) is 6.99. The lowest BCUT2D eigenvalue weighted by Gasteiger charge is -2.39. The quantitative estimate of drug-likeness (QED) is 0.0848. The molecule has 0 unspecified atom stereocenters. The van der Waals surface area contributed by atoms with E-state index in [1.807, 2.05) is 0 Å². The van der Waals surface area contributed by atoms with Crippen molar-refractivity contribution in [1.82, 2.24) is 8.75 Å². The average molecular weight is 853 g/mol. The number of nitro benzene ring substituents is 2. The minimum atomic E-state index is -10.4. The summed E-state index contributed by atoms with van der Waals surface area (Å²) in [5.74, 6) is 0. The van der Waals surface area contributed by atoms with Crippen molar-refractivity contribution in [1.29, 1.82) is 0 Å². The van der Waals surface area contributed by atoms with E-state index in [1.54, 1.807) is 0 Å². The van der Waals surface area contributed by atoms with Gasteiger partial charge in [0.2, 0.25) is 0 Å². The third-order valence-electron chi connectivity index (χ3n) is 7.34. The third kappa shape index (κ3) is 6.31. The molecular weight excluding hydrogens is 843 g/mol. The topological polar surface area (TPSA) is 137 Å². The molecule has 7 rings (SSSR count). The van der Waals surface area contributed by atoms with Crippen LogP contribution in [0, 0.1) is 20.2 Å². The number of rotatable bonds is 8. The van der Waals surface area contributed by atoms with E-state index in [1.165, 1.54) is 24.3 Å². The van der Waals surface area contributed by atoms with E-state index in [0.29, 0.717) is 45.1 Å². The minimum Gasteiger partial charge on any atom is -0.258 e. The summed E-state index contributed by atoms with van der Waals surface area (Å²) in [6, 6.07) is 7.90. The molecule has 26 heteroatoms. The summed E-state index contributed by atoms with van der Waals surface area (Å²) < 4.78 is 153. The van der Waals surface area contributed by atoms with Gasteiger partial charge in [-0.05, 0) is 47.5 Å². The highest BCUT2D eigenvalue weighted by Gasteiger charge is 2.69. The Morgan fingerprint density at radius 1 is 0.538 bits per heavy atom. The lowest BCUT2D eigenvalue weighted by Crippen LogP contribution is -2.09. The smallest absolute Gasteiger partial charge is 0.258 e. The Morgan fingerprint density at radius 3 is 1.25 bits per heavy atom. The maximum absolute atomic E-state index is 13.5. The molecule has 52 heavy (non-hydrogen) atoms. The van der Waals surface area contributed by atoms with Crippen LogP contribution in [-0.2, 0) is 11.4 Å². The number of benzene rings is 3. The molecule has 3 aromatic carbocycles. The first-order valence-corrected chi connectivity index (χ1v) is 20.4. The van der Waals surface area contributed by atoms with Gasteiger partial charge >= 0.3 is 20.4 Å². The van der Waals surface area contributed by atoms with Gasteiger partial charge in [0.1, 0.15) is 22.4 Å². The summed E-state index contributed by atoms with van der Waals surface area (Å²) in [5, 5.41) is 22.8. The van der Waals surface area contributed by atoms with Crippen LogP contribution in [0.3, 0.4) is 0 Å². The van der Waals surface area contributed by atoms with Crippen LogP contribution in [0.4, 0.5) is 61.6 Å². The lowest BCUT2D eigenvalue weighted by atomic mass is 10.0. The third-order valence-corrected chi connectivity index (χ3v) is 13.1. The number of aromatic nitrogens is 2. The summed E-state index contributed by atoms with van der Waals surface area (Å²) in [5.41, 5.74) is -2.26. The molecule has 3 aromatic heterocycles. The number of hydrogen-bond donors (Lipinski definition) is 0. The summed E-state index contributed by atoms with van der Waals surface area (Å²) in [4.78, 5) is 15.6. The van der Waals surface area contributed by atoms with Crippen LogP contribution in [0.1, 0.15) is 0 Å². The predicted octanol–water partition coefficient (Wildman–Crippen LogP) is 14.3. The molecule has 0 N–H and O–H groups in total. The Morgan fingerprint density at radius 2 is 0.904 bits per heavy atom. The van der Waals surface area contributed by atoms with Crippen molar-refractivity contribution in [3.63, 3.8) is 0 Å². The minimum absolute atomic E-state index is 0.0387. The molecule has 0 atom stereocenters. The number of hydrogen-bond acceptors (Lipinski definition) is 11. The highest BCUT2D eigenvalue weighted by molar-refractivity contribution is 8.46. The zero-order valence-electron chi connectivity index (χ0n) is 24.3. The van der Waals surface area contributed by atoms with Crippen LogP contribution < -0.4 is 0 Å². The SMILES string of the molecule is O=[N+]([O-])c1cc(-c2ccc(-c3c4c(c(-c5ccc(-c6ccc(S(F)(F)(F)(F)F)c([N+](=O)[O-])c6)s5)c5nsnc35)N=S=N4)s2)ccc1S(F)(F)(F)(F)F. The summed E-state index contributed by atoms with van der Waals surface area (Å²) in [7, 11) is -20.8. The molecule has 0 saturated heterocycles. The van der Waals surface area contributed by atoms with Crippen LogP contribution in [-0.4, -0.2) is 18.6 Å². The fourth-order valence-electron chi connectivity index (χ4n) is 5.26. The Hall–Kier alpha value is -4.50. The molecule has 1 aliphatic rings. The average Bonchev–Trinajstić information content (AvgIpc) is 3.84. The monoisotopic (exact) mass is 852 g/mol. The number of thiophene rings is 2. The van der Waals surface area contributed by atoms with Gasteiger partial charge < -0.3 is 0 Å². The van der Waals surface area contributed by atoms with E-state index in [-0.39, 0.29) is 55.4 Å². The van der Waals surface area contributed by atoms with E-state index in [9.17, 15) is 59.1 Å². The van der Waals surface area contributed by atoms with Gasteiger partial charge in [0, 0.05) is 42.8 Å². The second kappa shape index (κ2) is 10.1. The number of halogens is 10. The second-order valence-electron chi connectivity index (χ2n) is 10.8. The first-order valence-electron chi connectivity index (χ1n) is 13.4. The molecule has 0 bridgehead atoms. The Bertz CT molecular complexity index is 2500. The molecule has 10 nitrogen and oxygen atoms in total. The van der Waals surface area contributed by atoms with Gasteiger partial charge in [-0.1, -0.05) is 51.0 Å². The molecule has 0 spiro atoms. The Balaban J connectivity index is 1.32. The van der Waals surface area contributed by atoms with Gasteiger partial charge in [0.25, 0.3) is 11.4 Å². The van der Waals surface area contributed by atoms with Crippen molar-refractivity contribution in [2.45, 2.75) is 9.79 Å². The van der Waals surface area contributed by atoms with Crippen molar-refractivity contribution in [3.05, 3.63) is 80.9 Å². The number of nitrogens with zero attached hydrogens (tertiary/aromatic N) is 6. The fourth-order valence-corrected chi connectivity index (χ4v) is 10.2.